The first-order valence-corrected chi connectivity index (χ1v) is 36.7. The van der Waals surface area contributed by atoms with Crippen LogP contribution in [-0.4, -0.2) is 87.4 Å². The van der Waals surface area contributed by atoms with Crippen LogP contribution in [-0.2, 0) is 33.3 Å². The van der Waals surface area contributed by atoms with Gasteiger partial charge in [0, 0.05) is 12.8 Å². The van der Waals surface area contributed by atoms with Crippen molar-refractivity contribution in [3.8, 4) is 0 Å². The van der Waals surface area contributed by atoms with Crippen LogP contribution >= 0.6 is 0 Å². The summed E-state index contributed by atoms with van der Waals surface area (Å²) in [6.07, 6.45) is 96.0. The van der Waals surface area contributed by atoms with Gasteiger partial charge in [-0.2, -0.15) is 0 Å². The molecule has 9 heteroatoms. The number of unbranched alkanes of at least 4 members (excludes halogenated alkanes) is 32. The fraction of sp³-hybridized carbons (Fsp3) is 0.713. The molecule has 9 nitrogen and oxygen atoms in total. The minimum absolute atomic E-state index is 0.184. The van der Waals surface area contributed by atoms with Crippen LogP contribution in [0.3, 0.4) is 0 Å². The van der Waals surface area contributed by atoms with E-state index in [1.54, 1.807) is 0 Å². The van der Waals surface area contributed by atoms with Crippen LogP contribution in [0, 0.1) is 0 Å². The van der Waals surface area contributed by atoms with Crippen LogP contribution in [0.25, 0.3) is 0 Å². The minimum Gasteiger partial charge on any atom is -0.477 e. The molecule has 1 N–H and O–H groups in total. The highest BCUT2D eigenvalue weighted by Gasteiger charge is 2.25. The number of likely N-dealkylation sites (N-methyl/N-ethyl adjacent to an activating group) is 1. The number of carbonyl (C=O) groups is 3. The summed E-state index contributed by atoms with van der Waals surface area (Å²) < 4.78 is 23.0. The molecule has 0 bridgehead atoms. The molecule has 510 valence electrons. The first kappa shape index (κ1) is 84.7. The molecule has 0 aliphatic heterocycles. The molecule has 0 heterocycles. The molecule has 2 unspecified atom stereocenters. The van der Waals surface area contributed by atoms with E-state index in [2.05, 4.69) is 135 Å². The molecule has 0 saturated heterocycles. The van der Waals surface area contributed by atoms with E-state index in [0.29, 0.717) is 23.9 Å². The minimum atomic E-state index is -1.52. The van der Waals surface area contributed by atoms with E-state index < -0.39 is 24.3 Å². The van der Waals surface area contributed by atoms with Crippen molar-refractivity contribution < 1.29 is 42.9 Å². The van der Waals surface area contributed by atoms with Gasteiger partial charge in [-0.3, -0.25) is 9.59 Å². The lowest BCUT2D eigenvalue weighted by Crippen LogP contribution is -2.40. The quantitative estimate of drug-likeness (QED) is 0.0211. The summed E-state index contributed by atoms with van der Waals surface area (Å²) in [6, 6.07) is 0. The molecule has 0 fully saturated rings. The first-order chi connectivity index (χ1) is 43.6. The van der Waals surface area contributed by atoms with E-state index in [4.69, 9.17) is 18.9 Å². The van der Waals surface area contributed by atoms with Crippen molar-refractivity contribution in [2.24, 2.45) is 0 Å². The molecule has 0 aromatic carbocycles. The molecule has 0 aromatic rings. The van der Waals surface area contributed by atoms with Crippen LogP contribution in [0.5, 0.6) is 0 Å². The maximum absolute atomic E-state index is 13.0. The molecular formula is C80H138NO8+. The summed E-state index contributed by atoms with van der Waals surface area (Å²) in [5.41, 5.74) is 0. The zero-order valence-electron chi connectivity index (χ0n) is 58.3. The van der Waals surface area contributed by atoms with Crippen molar-refractivity contribution in [2.45, 2.75) is 322 Å². The summed E-state index contributed by atoms with van der Waals surface area (Å²) in [5, 5.41) is 9.75. The third-order valence-corrected chi connectivity index (χ3v) is 15.7. The zero-order chi connectivity index (χ0) is 64.7. The summed E-state index contributed by atoms with van der Waals surface area (Å²) in [6.45, 7) is 4.79. The van der Waals surface area contributed by atoms with Gasteiger partial charge in [-0.1, -0.05) is 328 Å². The van der Waals surface area contributed by atoms with Gasteiger partial charge < -0.3 is 28.5 Å². The Hall–Kier alpha value is -4.31. The normalized spacial score (nSPS) is 13.4. The topological polar surface area (TPSA) is 108 Å². The summed E-state index contributed by atoms with van der Waals surface area (Å²) in [4.78, 5) is 37.6. The Balaban J connectivity index is 4.12. The number of allylic oxidation sites excluding steroid dienone is 20. The predicted octanol–water partition coefficient (Wildman–Crippen LogP) is 23.1. The summed E-state index contributed by atoms with van der Waals surface area (Å²) in [5.74, 6) is -2.00. The van der Waals surface area contributed by atoms with E-state index in [9.17, 15) is 19.5 Å². The van der Waals surface area contributed by atoms with Gasteiger partial charge in [-0.05, 0) is 89.9 Å². The lowest BCUT2D eigenvalue weighted by atomic mass is 10.0. The molecule has 0 spiro atoms. The van der Waals surface area contributed by atoms with Crippen molar-refractivity contribution in [3.63, 3.8) is 0 Å². The van der Waals surface area contributed by atoms with E-state index >= 15 is 0 Å². The van der Waals surface area contributed by atoms with E-state index in [-0.39, 0.29) is 32.2 Å². The molecule has 2 atom stereocenters. The van der Waals surface area contributed by atoms with Gasteiger partial charge in [0.25, 0.3) is 6.29 Å². The summed E-state index contributed by atoms with van der Waals surface area (Å²) in [7, 11) is 5.98. The number of quaternary nitrogens is 1. The van der Waals surface area contributed by atoms with Gasteiger partial charge in [0.05, 0.1) is 34.4 Å². The third-order valence-electron chi connectivity index (χ3n) is 15.7. The van der Waals surface area contributed by atoms with Gasteiger partial charge in [-0.15, -0.1) is 0 Å². The van der Waals surface area contributed by atoms with E-state index in [1.807, 2.05) is 21.1 Å². The van der Waals surface area contributed by atoms with Crippen molar-refractivity contribution in [1.82, 2.24) is 0 Å². The second kappa shape index (κ2) is 69.6. The van der Waals surface area contributed by atoms with Crippen molar-refractivity contribution in [3.05, 3.63) is 122 Å². The van der Waals surface area contributed by atoms with Crippen LogP contribution in [0.1, 0.15) is 309 Å². The maximum atomic E-state index is 13.0. The second-order valence-electron chi connectivity index (χ2n) is 25.5. The third kappa shape index (κ3) is 71.0. The van der Waals surface area contributed by atoms with Gasteiger partial charge >= 0.3 is 17.9 Å². The number of carbonyl (C=O) groups excluding carboxylic acids is 2. The number of ether oxygens (including phenoxy) is 4. The predicted molar refractivity (Wildman–Crippen MR) is 382 cm³/mol. The Labute approximate surface area is 548 Å². The summed E-state index contributed by atoms with van der Waals surface area (Å²) >= 11 is 0. The monoisotopic (exact) mass is 1240 g/mol. The lowest BCUT2D eigenvalue weighted by molar-refractivity contribution is -0.870. The average Bonchev–Trinajstić information content (AvgIpc) is 3.64. The van der Waals surface area contributed by atoms with Crippen molar-refractivity contribution in [1.29, 1.82) is 0 Å². The Morgan fingerprint density at radius 1 is 0.348 bits per heavy atom. The van der Waals surface area contributed by atoms with Gasteiger partial charge in [-0.25, -0.2) is 4.79 Å². The highest BCUT2D eigenvalue weighted by atomic mass is 16.7. The largest absolute Gasteiger partial charge is 0.477 e. The average molecular weight is 1240 g/mol. The van der Waals surface area contributed by atoms with E-state index in [1.165, 1.54) is 167 Å². The molecule has 0 rings (SSSR count). The van der Waals surface area contributed by atoms with Crippen molar-refractivity contribution >= 4 is 17.9 Å². The number of hydrogen-bond donors (Lipinski definition) is 1. The Morgan fingerprint density at radius 3 is 0.955 bits per heavy atom. The standard InChI is InChI=1S/C80H137NO8/c1-6-8-10-12-14-16-18-20-22-24-26-28-30-31-32-33-34-35-36-37-38-39-40-41-42-43-44-45-46-47-49-51-53-55-57-59-61-63-65-67-69-71-78(83)89-76(75-88-80(79(84)85)86-73-72-81(3,4)5)74-87-77(82)70-68-66-64-62-60-58-56-54-52-50-48-29-27-25-23-21-19-17-15-13-11-9-7-2/h8,10,14,16,20,22,26,28,31-32,34-35,37-38,40-41,43-44,46-47,76,80H,6-7,9,11-13,15,17-19,21,23-25,27,29-30,33,36,39,42,45,48-75H2,1-5H3/p+1/b10-8-,16-14-,22-20-,28-26-,32-31-,35-34-,38-37-,41-40-,44-43-,47-46-. The van der Waals surface area contributed by atoms with Gasteiger partial charge in [0.15, 0.2) is 6.10 Å². The number of aliphatic carboxylic acids is 1. The number of hydrogen-bond acceptors (Lipinski definition) is 7. The highest BCUT2D eigenvalue weighted by molar-refractivity contribution is 5.71. The fourth-order valence-corrected chi connectivity index (χ4v) is 10.2. The first-order valence-electron chi connectivity index (χ1n) is 36.7. The van der Waals surface area contributed by atoms with Crippen LogP contribution in [0.2, 0.25) is 0 Å². The molecule has 0 saturated carbocycles. The van der Waals surface area contributed by atoms with Gasteiger partial charge in [0.2, 0.25) is 0 Å². The maximum Gasteiger partial charge on any atom is 0.361 e. The number of rotatable bonds is 67. The number of carboxylic acids is 1. The lowest BCUT2D eigenvalue weighted by Gasteiger charge is -2.25. The molecule has 0 radical (unpaired) electrons. The van der Waals surface area contributed by atoms with Crippen molar-refractivity contribution in [2.75, 3.05) is 47.5 Å². The molecule has 0 amide bonds. The SMILES string of the molecule is CC/C=C\C/C=C\C/C=C\C/C=C\C/C=C\C/C=C\C/C=C\C/C=C\C/C=C\C/C=C\CCCCCCCCCCCCC(=O)OC(COC(=O)CCCCCCCCCCCCCCCCCCCCCCCCC)COC(OCC[N+](C)(C)C)C(=O)O. The van der Waals surface area contributed by atoms with E-state index in [0.717, 1.165) is 109 Å². The number of nitrogens with zero attached hydrogens (tertiary/aromatic N) is 1. The Bertz CT molecular complexity index is 1880. The van der Waals surface area contributed by atoms with Gasteiger partial charge in [0.1, 0.15) is 13.2 Å². The zero-order valence-corrected chi connectivity index (χ0v) is 58.3. The second-order valence-corrected chi connectivity index (χ2v) is 25.5. The molecular weight excluding hydrogens is 1100 g/mol. The van der Waals surface area contributed by atoms with Crippen LogP contribution < -0.4 is 0 Å². The molecule has 89 heavy (non-hydrogen) atoms. The smallest absolute Gasteiger partial charge is 0.361 e. The van der Waals surface area contributed by atoms with Crippen LogP contribution in [0.15, 0.2) is 122 Å². The fourth-order valence-electron chi connectivity index (χ4n) is 10.2. The molecule has 0 aromatic heterocycles. The Morgan fingerprint density at radius 2 is 0.640 bits per heavy atom. The number of esters is 2. The number of carboxylic acid groups (broad SMARTS) is 1. The molecule has 0 aliphatic rings. The highest BCUT2D eigenvalue weighted by Crippen LogP contribution is 2.18. The van der Waals surface area contributed by atoms with Crippen LogP contribution in [0.4, 0.5) is 0 Å². The Kier molecular flexibility index (Phi) is 66.2. The molecule has 0 aliphatic carbocycles.